The summed E-state index contributed by atoms with van der Waals surface area (Å²) in [4.78, 5) is 36.1. The molecule has 1 N–H and O–H groups in total. The Kier molecular flexibility index (Phi) is 8.59. The molecule has 1 aliphatic heterocycles. The smallest absolute Gasteiger partial charge is 0.388 e. The lowest BCUT2D eigenvalue weighted by atomic mass is 9.69. The molecule has 1 aromatic carbocycles. The van der Waals surface area contributed by atoms with Gasteiger partial charge in [-0.25, -0.2) is 9.97 Å². The monoisotopic (exact) mass is 542 g/mol. The maximum Gasteiger partial charge on any atom is 0.388 e. The highest BCUT2D eigenvalue weighted by Gasteiger charge is 2.52. The molecule has 39 heavy (non-hydrogen) atoms. The number of carbonyl (C=O) groups excluding carboxylic acids is 2. The Morgan fingerprint density at radius 3 is 2.59 bits per heavy atom. The van der Waals surface area contributed by atoms with Gasteiger partial charge >= 0.3 is 12.6 Å². The van der Waals surface area contributed by atoms with E-state index in [0.717, 1.165) is 11.1 Å². The first-order chi connectivity index (χ1) is 18.6. The molecule has 4 rings (SSSR count). The first kappa shape index (κ1) is 28.2. The van der Waals surface area contributed by atoms with Crippen LogP contribution in [0.4, 0.5) is 14.5 Å². The fourth-order valence-electron chi connectivity index (χ4n) is 4.80. The molecule has 1 aliphatic rings. The molecular weight excluding hydrogens is 510 g/mol. The molecule has 0 spiro atoms. The standard InChI is InChI=1S/C28H32F2N4O5/c1-5-37-24(35)12-19-14-38-23(32-19)13-34-15-28(16-34,21-9-7-6-8-20(21)17(2)3)26(36)33-22-11-10-18(4)31-25(22)39-27(29)30/h6-11,14,17,27H,5,12-13,15-16H2,1-4H3,(H,33,36). The molecular formula is C28H32F2N4O5. The van der Waals surface area contributed by atoms with Gasteiger partial charge in [-0.3, -0.25) is 14.5 Å². The summed E-state index contributed by atoms with van der Waals surface area (Å²) in [6.07, 6.45) is 1.44. The Bertz CT molecular complexity index is 1320. The predicted molar refractivity (Wildman–Crippen MR) is 139 cm³/mol. The van der Waals surface area contributed by atoms with Crippen molar-refractivity contribution in [3.8, 4) is 5.88 Å². The fourth-order valence-corrected chi connectivity index (χ4v) is 4.80. The molecule has 0 unspecified atom stereocenters. The molecule has 11 heteroatoms. The molecule has 1 fully saturated rings. The van der Waals surface area contributed by atoms with Crippen molar-refractivity contribution >= 4 is 17.6 Å². The number of benzene rings is 1. The Balaban J connectivity index is 1.58. The number of likely N-dealkylation sites (tertiary alicyclic amines) is 1. The third kappa shape index (κ3) is 6.42. The zero-order valence-corrected chi connectivity index (χ0v) is 22.4. The van der Waals surface area contributed by atoms with E-state index >= 15 is 0 Å². The predicted octanol–water partition coefficient (Wildman–Crippen LogP) is 4.60. The number of esters is 1. The number of oxazole rings is 1. The lowest BCUT2D eigenvalue weighted by Gasteiger charge is -2.49. The number of aryl methyl sites for hydroxylation is 1. The van der Waals surface area contributed by atoms with Crippen molar-refractivity contribution in [2.45, 2.75) is 58.6 Å². The number of ether oxygens (including phenoxy) is 2. The Morgan fingerprint density at radius 2 is 1.90 bits per heavy atom. The summed E-state index contributed by atoms with van der Waals surface area (Å²) in [5.74, 6) is -0.516. The highest BCUT2D eigenvalue weighted by atomic mass is 19.3. The molecule has 0 saturated carbocycles. The zero-order chi connectivity index (χ0) is 28.2. The van der Waals surface area contributed by atoms with Crippen LogP contribution in [0.25, 0.3) is 0 Å². The van der Waals surface area contributed by atoms with E-state index in [1.54, 1.807) is 19.9 Å². The number of halogens is 2. The third-order valence-electron chi connectivity index (χ3n) is 6.56. The number of rotatable bonds is 11. The zero-order valence-electron chi connectivity index (χ0n) is 22.4. The highest BCUT2D eigenvalue weighted by molar-refractivity contribution is 6.01. The normalized spacial score (nSPS) is 14.8. The quantitative estimate of drug-likeness (QED) is 0.351. The minimum Gasteiger partial charge on any atom is -0.466 e. The van der Waals surface area contributed by atoms with Gasteiger partial charge in [0.25, 0.3) is 0 Å². The van der Waals surface area contributed by atoms with Gasteiger partial charge in [0, 0.05) is 18.8 Å². The van der Waals surface area contributed by atoms with E-state index in [1.165, 1.54) is 12.3 Å². The summed E-state index contributed by atoms with van der Waals surface area (Å²) in [5, 5.41) is 2.80. The SMILES string of the molecule is CCOC(=O)Cc1coc(CN2CC(C(=O)Nc3ccc(C)nc3OC(F)F)(c3ccccc3C(C)C)C2)n1. The average molecular weight is 543 g/mol. The van der Waals surface area contributed by atoms with Gasteiger partial charge in [-0.15, -0.1) is 0 Å². The van der Waals surface area contributed by atoms with Gasteiger partial charge in [-0.1, -0.05) is 38.1 Å². The van der Waals surface area contributed by atoms with Crippen molar-refractivity contribution in [1.82, 2.24) is 14.9 Å². The number of alkyl halides is 2. The minimum absolute atomic E-state index is 0.0130. The third-order valence-corrected chi connectivity index (χ3v) is 6.56. The number of nitrogens with one attached hydrogen (secondary N) is 1. The van der Waals surface area contributed by atoms with E-state index in [4.69, 9.17) is 9.15 Å². The summed E-state index contributed by atoms with van der Waals surface area (Å²) >= 11 is 0. The van der Waals surface area contributed by atoms with Gasteiger partial charge in [-0.05, 0) is 43.0 Å². The minimum atomic E-state index is -3.08. The topological polar surface area (TPSA) is 107 Å². The van der Waals surface area contributed by atoms with Crippen LogP contribution in [0.1, 0.15) is 55.1 Å². The molecule has 3 heterocycles. The van der Waals surface area contributed by atoms with E-state index in [2.05, 4.69) is 33.9 Å². The van der Waals surface area contributed by atoms with Crippen molar-refractivity contribution in [3.05, 3.63) is 71.1 Å². The number of pyridine rings is 1. The van der Waals surface area contributed by atoms with Crippen LogP contribution in [0.2, 0.25) is 0 Å². The second-order valence-electron chi connectivity index (χ2n) is 9.82. The number of hydrogen-bond donors (Lipinski definition) is 1. The van der Waals surface area contributed by atoms with Crippen LogP contribution in [0, 0.1) is 6.92 Å². The van der Waals surface area contributed by atoms with Crippen LogP contribution in [0.15, 0.2) is 47.1 Å². The van der Waals surface area contributed by atoms with Gasteiger partial charge in [0.2, 0.25) is 17.7 Å². The summed E-state index contributed by atoms with van der Waals surface area (Å²) in [6.45, 7) is 5.69. The van der Waals surface area contributed by atoms with E-state index in [0.29, 0.717) is 36.9 Å². The van der Waals surface area contributed by atoms with E-state index in [-0.39, 0.29) is 42.4 Å². The molecule has 0 atom stereocenters. The Morgan fingerprint density at radius 1 is 1.15 bits per heavy atom. The molecule has 1 amide bonds. The largest absolute Gasteiger partial charge is 0.466 e. The summed E-state index contributed by atoms with van der Waals surface area (Å²) in [7, 11) is 0. The van der Waals surface area contributed by atoms with Crippen LogP contribution in [0.3, 0.4) is 0 Å². The van der Waals surface area contributed by atoms with Crippen LogP contribution in [-0.2, 0) is 32.7 Å². The maximum absolute atomic E-state index is 13.9. The van der Waals surface area contributed by atoms with Crippen LogP contribution in [0.5, 0.6) is 5.88 Å². The van der Waals surface area contributed by atoms with Gasteiger partial charge < -0.3 is 19.2 Å². The van der Waals surface area contributed by atoms with Crippen molar-refractivity contribution in [2.75, 3.05) is 25.0 Å². The Hall–Kier alpha value is -3.86. The number of aromatic nitrogens is 2. The summed E-state index contributed by atoms with van der Waals surface area (Å²) in [5.41, 5.74) is 1.94. The van der Waals surface area contributed by atoms with Gasteiger partial charge in [0.1, 0.15) is 12.0 Å². The molecule has 0 bridgehead atoms. The van der Waals surface area contributed by atoms with E-state index in [9.17, 15) is 18.4 Å². The molecule has 9 nitrogen and oxygen atoms in total. The van der Waals surface area contributed by atoms with Crippen molar-refractivity contribution in [2.24, 2.45) is 0 Å². The number of nitrogens with zero attached hydrogens (tertiary/aromatic N) is 3. The highest BCUT2D eigenvalue weighted by Crippen LogP contribution is 2.41. The second kappa shape index (κ2) is 11.9. The number of hydrogen-bond acceptors (Lipinski definition) is 8. The average Bonchev–Trinajstić information content (AvgIpc) is 3.29. The van der Waals surface area contributed by atoms with Crippen molar-refractivity contribution in [3.63, 3.8) is 0 Å². The number of amides is 1. The van der Waals surface area contributed by atoms with Crippen molar-refractivity contribution in [1.29, 1.82) is 0 Å². The van der Waals surface area contributed by atoms with E-state index in [1.807, 2.05) is 29.2 Å². The number of anilines is 1. The van der Waals surface area contributed by atoms with Gasteiger partial charge in [0.15, 0.2) is 0 Å². The van der Waals surface area contributed by atoms with Crippen LogP contribution < -0.4 is 10.1 Å². The molecule has 1 saturated heterocycles. The van der Waals surface area contributed by atoms with Crippen LogP contribution in [-0.4, -0.2) is 53.1 Å². The molecule has 3 aromatic rings. The molecule has 0 aliphatic carbocycles. The molecule has 2 aromatic heterocycles. The first-order valence-electron chi connectivity index (χ1n) is 12.8. The van der Waals surface area contributed by atoms with Gasteiger partial charge in [0.05, 0.1) is 30.7 Å². The summed E-state index contributed by atoms with van der Waals surface area (Å²) < 4.78 is 41.2. The fraction of sp³-hybridized carbons (Fsp3) is 0.429. The van der Waals surface area contributed by atoms with E-state index < -0.39 is 12.0 Å². The maximum atomic E-state index is 13.9. The van der Waals surface area contributed by atoms with Gasteiger partial charge in [-0.2, -0.15) is 8.78 Å². The second-order valence-corrected chi connectivity index (χ2v) is 9.82. The lowest BCUT2D eigenvalue weighted by Crippen LogP contribution is -2.64. The lowest BCUT2D eigenvalue weighted by molar-refractivity contribution is -0.142. The number of carbonyl (C=O) groups is 2. The molecule has 0 radical (unpaired) electrons. The summed E-state index contributed by atoms with van der Waals surface area (Å²) in [6, 6.07) is 10.9. The van der Waals surface area contributed by atoms with Crippen molar-refractivity contribution < 1.29 is 32.3 Å². The molecule has 208 valence electrons. The van der Waals surface area contributed by atoms with Crippen LogP contribution >= 0.6 is 0 Å². The first-order valence-corrected chi connectivity index (χ1v) is 12.8. The Labute approximate surface area is 225 Å².